The Kier molecular flexibility index (Phi) is 5.61. The molecular weight excluding hydrogens is 430 g/mol. The number of Topliss-reactive ketones (excluding diaryl/α,β-unsaturated/α-hetero) is 1. The Morgan fingerprint density at radius 2 is 1.94 bits per heavy atom. The molecule has 1 N–H and O–H groups in total. The van der Waals surface area contributed by atoms with Gasteiger partial charge in [0, 0.05) is 44.0 Å². The normalized spacial score (nSPS) is 13.2. The number of anilines is 2. The number of benzene rings is 1. The predicted octanol–water partition coefficient (Wildman–Crippen LogP) is 3.85. The van der Waals surface area contributed by atoms with Crippen LogP contribution < -0.4 is 10.1 Å². The number of methoxy groups -OCH3 is 1. The van der Waals surface area contributed by atoms with Gasteiger partial charge in [0.05, 0.1) is 35.3 Å². The van der Waals surface area contributed by atoms with Gasteiger partial charge in [-0.2, -0.15) is 10.2 Å². The third-order valence-corrected chi connectivity index (χ3v) is 6.03. The monoisotopic (exact) mass is 457 g/mol. The minimum Gasteiger partial charge on any atom is -0.494 e. The minimum absolute atomic E-state index is 0.0811. The topological polar surface area (TPSA) is 99.7 Å². The van der Waals surface area contributed by atoms with E-state index >= 15 is 0 Å². The van der Waals surface area contributed by atoms with Gasteiger partial charge in [-0.1, -0.05) is 6.07 Å². The number of aryl methyl sites for hydroxylation is 3. The zero-order valence-corrected chi connectivity index (χ0v) is 19.7. The number of nitrogens with one attached hydrogen (secondary N) is 1. The number of carbonyl (C=O) groups is 1. The molecule has 3 heterocycles. The van der Waals surface area contributed by atoms with Gasteiger partial charge in [-0.15, -0.1) is 0 Å². The number of nitrogens with zero attached hydrogens (tertiary/aromatic N) is 6. The summed E-state index contributed by atoms with van der Waals surface area (Å²) in [5.74, 6) is 1.38. The van der Waals surface area contributed by atoms with Gasteiger partial charge in [0.1, 0.15) is 6.33 Å². The molecule has 1 fully saturated rings. The summed E-state index contributed by atoms with van der Waals surface area (Å²) in [5.41, 5.74) is 5.63. The van der Waals surface area contributed by atoms with E-state index in [2.05, 4.69) is 25.5 Å². The molecule has 9 heteroatoms. The molecule has 0 spiro atoms. The Morgan fingerprint density at radius 1 is 1.12 bits per heavy atom. The third kappa shape index (κ3) is 4.28. The second-order valence-electron chi connectivity index (χ2n) is 8.69. The van der Waals surface area contributed by atoms with Crippen molar-refractivity contribution in [2.24, 2.45) is 20.0 Å². The van der Waals surface area contributed by atoms with Crippen LogP contribution in [-0.4, -0.2) is 42.4 Å². The zero-order chi connectivity index (χ0) is 23.8. The molecule has 34 heavy (non-hydrogen) atoms. The van der Waals surface area contributed by atoms with Crippen molar-refractivity contribution in [3.8, 4) is 17.1 Å². The minimum atomic E-state index is 0.0811. The summed E-state index contributed by atoms with van der Waals surface area (Å²) in [5, 5.41) is 12.4. The lowest BCUT2D eigenvalue weighted by molar-refractivity contribution is 0.0968. The molecule has 0 bridgehead atoms. The molecule has 1 aliphatic carbocycles. The number of ketones is 1. The molecule has 9 nitrogen and oxygen atoms in total. The van der Waals surface area contributed by atoms with Crippen molar-refractivity contribution < 1.29 is 9.53 Å². The van der Waals surface area contributed by atoms with Crippen LogP contribution in [0.25, 0.3) is 11.4 Å². The van der Waals surface area contributed by atoms with Gasteiger partial charge in [-0.3, -0.25) is 19.1 Å². The number of pyridine rings is 1. The number of aromatic nitrogens is 6. The Hall–Kier alpha value is -4.01. The summed E-state index contributed by atoms with van der Waals surface area (Å²) in [4.78, 5) is 22.0. The zero-order valence-electron chi connectivity index (χ0n) is 19.7. The average Bonchev–Trinajstić information content (AvgIpc) is 3.51. The van der Waals surface area contributed by atoms with Crippen molar-refractivity contribution in [1.29, 1.82) is 0 Å². The van der Waals surface area contributed by atoms with Crippen LogP contribution in [-0.2, 0) is 20.5 Å². The maximum absolute atomic E-state index is 13.0. The van der Waals surface area contributed by atoms with Crippen molar-refractivity contribution in [1.82, 2.24) is 29.5 Å². The highest BCUT2D eigenvalue weighted by Crippen LogP contribution is 2.39. The van der Waals surface area contributed by atoms with Crippen LogP contribution >= 0.6 is 0 Å². The first-order chi connectivity index (χ1) is 16.4. The van der Waals surface area contributed by atoms with Crippen LogP contribution in [0.3, 0.4) is 0 Å². The molecular formula is C25H27N7O2. The van der Waals surface area contributed by atoms with Crippen LogP contribution in [0.1, 0.15) is 40.3 Å². The second kappa shape index (κ2) is 8.74. The Balaban J connectivity index is 1.53. The van der Waals surface area contributed by atoms with Gasteiger partial charge in [-0.25, -0.2) is 4.98 Å². The highest BCUT2D eigenvalue weighted by atomic mass is 16.5. The summed E-state index contributed by atoms with van der Waals surface area (Å²) in [6.07, 6.45) is 5.76. The highest BCUT2D eigenvalue weighted by Gasteiger charge is 2.32. The number of hydrogen-bond acceptors (Lipinski definition) is 7. The van der Waals surface area contributed by atoms with E-state index in [-0.39, 0.29) is 11.7 Å². The lowest BCUT2D eigenvalue weighted by atomic mass is 10.0. The van der Waals surface area contributed by atoms with Crippen LogP contribution in [0.15, 0.2) is 42.9 Å². The fourth-order valence-electron chi connectivity index (χ4n) is 4.01. The van der Waals surface area contributed by atoms with E-state index in [0.717, 1.165) is 41.2 Å². The van der Waals surface area contributed by atoms with Gasteiger partial charge < -0.3 is 10.1 Å². The fourth-order valence-corrected chi connectivity index (χ4v) is 4.01. The smallest absolute Gasteiger partial charge is 0.184 e. The molecule has 0 atom stereocenters. The number of carbonyl (C=O) groups excluding carboxylic acids is 1. The first-order valence-electron chi connectivity index (χ1n) is 11.3. The van der Waals surface area contributed by atoms with Crippen LogP contribution in [0.5, 0.6) is 5.75 Å². The van der Waals surface area contributed by atoms with Gasteiger partial charge >= 0.3 is 0 Å². The first kappa shape index (κ1) is 21.8. The molecule has 0 radical (unpaired) electrons. The van der Waals surface area contributed by atoms with Gasteiger partial charge in [-0.05, 0) is 44.0 Å². The lowest BCUT2D eigenvalue weighted by Crippen LogP contribution is -2.09. The largest absolute Gasteiger partial charge is 0.494 e. The summed E-state index contributed by atoms with van der Waals surface area (Å²) in [6, 6.07) is 9.72. The van der Waals surface area contributed by atoms with E-state index < -0.39 is 0 Å². The number of hydrogen-bond donors (Lipinski definition) is 1. The van der Waals surface area contributed by atoms with Crippen LogP contribution in [0.4, 0.5) is 11.4 Å². The molecule has 5 rings (SSSR count). The van der Waals surface area contributed by atoms with E-state index in [9.17, 15) is 4.79 Å². The van der Waals surface area contributed by atoms with Crippen LogP contribution in [0.2, 0.25) is 0 Å². The number of rotatable bonds is 8. The maximum atomic E-state index is 13.0. The average molecular weight is 458 g/mol. The molecule has 174 valence electrons. The van der Waals surface area contributed by atoms with E-state index in [0.29, 0.717) is 29.2 Å². The van der Waals surface area contributed by atoms with E-state index in [4.69, 9.17) is 4.74 Å². The van der Waals surface area contributed by atoms with Crippen molar-refractivity contribution in [3.05, 3.63) is 65.5 Å². The van der Waals surface area contributed by atoms with Crippen LogP contribution in [0, 0.1) is 12.8 Å². The van der Waals surface area contributed by atoms with Crippen molar-refractivity contribution in [2.75, 3.05) is 12.4 Å². The van der Waals surface area contributed by atoms with Crippen molar-refractivity contribution in [2.45, 2.75) is 26.2 Å². The van der Waals surface area contributed by atoms with E-state index in [1.165, 1.54) is 0 Å². The Labute approximate surface area is 197 Å². The summed E-state index contributed by atoms with van der Waals surface area (Å²) in [7, 11) is 5.36. The van der Waals surface area contributed by atoms with E-state index in [1.54, 1.807) is 24.3 Å². The molecule has 0 unspecified atom stereocenters. The molecule has 3 aromatic heterocycles. The summed E-state index contributed by atoms with van der Waals surface area (Å²) in [6.45, 7) is 2.02. The molecule has 1 aliphatic rings. The van der Waals surface area contributed by atoms with Crippen molar-refractivity contribution in [3.63, 3.8) is 0 Å². The van der Waals surface area contributed by atoms with E-state index in [1.807, 2.05) is 56.0 Å². The molecule has 1 aromatic carbocycles. The SMILES string of the molecule is COc1c(Nc2cc(Cc3cc(C)n(C)n3)ncc2C(=O)C2CC2)cccc1-c1ncn(C)n1. The first-order valence-corrected chi connectivity index (χ1v) is 11.3. The highest BCUT2D eigenvalue weighted by molar-refractivity contribution is 6.04. The van der Waals surface area contributed by atoms with Gasteiger partial charge in [0.2, 0.25) is 0 Å². The molecule has 0 aliphatic heterocycles. The summed E-state index contributed by atoms with van der Waals surface area (Å²) < 4.78 is 9.25. The molecule has 0 saturated heterocycles. The predicted molar refractivity (Wildman–Crippen MR) is 128 cm³/mol. The fraction of sp³-hybridized carbons (Fsp3) is 0.320. The third-order valence-electron chi connectivity index (χ3n) is 6.03. The van der Waals surface area contributed by atoms with Gasteiger partial charge in [0.25, 0.3) is 0 Å². The quantitative estimate of drug-likeness (QED) is 0.401. The molecule has 0 amide bonds. The standard InChI is InChI=1S/C25H27N7O2/c1-15-10-18(29-32(15)3)11-17-12-22(20(13-26-17)23(33)16-8-9-16)28-21-7-5-6-19(24(21)34-4)25-27-14-31(2)30-25/h5-7,10,12-14,16H,8-9,11H2,1-4H3,(H,26,28). The summed E-state index contributed by atoms with van der Waals surface area (Å²) >= 11 is 0. The van der Waals surface area contributed by atoms with Gasteiger partial charge in [0.15, 0.2) is 17.4 Å². The maximum Gasteiger partial charge on any atom is 0.184 e. The molecule has 1 saturated carbocycles. The molecule has 4 aromatic rings. The Bertz CT molecular complexity index is 1350. The second-order valence-corrected chi connectivity index (χ2v) is 8.69. The van der Waals surface area contributed by atoms with Crippen molar-refractivity contribution >= 4 is 17.2 Å². The number of ether oxygens (including phenoxy) is 1. The lowest BCUT2D eigenvalue weighted by Gasteiger charge is -2.16. The number of para-hydroxylation sites is 1. The Morgan fingerprint density at radius 3 is 2.59 bits per heavy atom.